The molecule has 2 N–H and O–H groups in total. The number of hydrogen-bond acceptors (Lipinski definition) is 6. The van der Waals surface area contributed by atoms with Gasteiger partial charge >= 0.3 is 6.01 Å². The molecule has 0 spiro atoms. The number of rotatable bonds is 10. The van der Waals surface area contributed by atoms with Crippen molar-refractivity contribution in [2.24, 2.45) is 0 Å². The second-order valence-corrected chi connectivity index (χ2v) is 14.5. The van der Waals surface area contributed by atoms with Crippen LogP contribution >= 0.6 is 11.6 Å². The Balaban J connectivity index is 1.97. The third kappa shape index (κ3) is 5.71. The molecule has 3 rings (SSSR count). The molecule has 9 heteroatoms. The van der Waals surface area contributed by atoms with E-state index in [1.54, 1.807) is 6.07 Å². The van der Waals surface area contributed by atoms with Gasteiger partial charge in [0.25, 0.3) is 0 Å². The quantitative estimate of drug-likeness (QED) is 0.260. The third-order valence-corrected chi connectivity index (χ3v) is 6.58. The maximum Gasteiger partial charge on any atom is 0.319 e. The molecule has 3 aromatic heterocycles. The first-order chi connectivity index (χ1) is 14.3. The zero-order valence-electron chi connectivity index (χ0n) is 18.1. The van der Waals surface area contributed by atoms with E-state index < -0.39 is 8.07 Å². The lowest BCUT2D eigenvalue weighted by Gasteiger charge is -2.16. The van der Waals surface area contributed by atoms with Gasteiger partial charge in [-0.1, -0.05) is 50.7 Å². The van der Waals surface area contributed by atoms with Gasteiger partial charge in [-0.3, -0.25) is 0 Å². The van der Waals surface area contributed by atoms with Gasteiger partial charge in [0.15, 0.2) is 5.82 Å². The molecule has 0 atom stereocenters. The summed E-state index contributed by atoms with van der Waals surface area (Å²) in [6.07, 6.45) is 3.90. The number of aromatic nitrogens is 4. The van der Waals surface area contributed by atoms with Crippen LogP contribution in [0.1, 0.15) is 19.8 Å². The van der Waals surface area contributed by atoms with Crippen LogP contribution in [0.15, 0.2) is 24.4 Å². The van der Waals surface area contributed by atoms with E-state index in [-0.39, 0.29) is 6.01 Å². The number of nitrogens with zero attached hydrogens (tertiary/aromatic N) is 4. The largest absolute Gasteiger partial charge is 0.463 e. The first kappa shape index (κ1) is 22.5. The van der Waals surface area contributed by atoms with Gasteiger partial charge in [0, 0.05) is 26.4 Å². The van der Waals surface area contributed by atoms with Crippen molar-refractivity contribution in [3.05, 3.63) is 29.5 Å². The van der Waals surface area contributed by atoms with Crippen LogP contribution in [0.3, 0.4) is 0 Å². The Kier molecular flexibility index (Phi) is 7.33. The summed E-state index contributed by atoms with van der Waals surface area (Å²) in [7, 11) is -1.16. The van der Waals surface area contributed by atoms with Crippen LogP contribution in [0, 0.1) is 0 Å². The van der Waals surface area contributed by atoms with Gasteiger partial charge in [-0.15, -0.1) is 0 Å². The zero-order chi connectivity index (χ0) is 21.7. The average molecular weight is 448 g/mol. The van der Waals surface area contributed by atoms with E-state index in [9.17, 15) is 0 Å². The highest BCUT2D eigenvalue weighted by Crippen LogP contribution is 2.32. The highest BCUT2D eigenvalue weighted by molar-refractivity contribution is 6.76. The molecule has 0 saturated heterocycles. The van der Waals surface area contributed by atoms with Crippen LogP contribution in [0.2, 0.25) is 30.8 Å². The molecule has 0 aliphatic carbocycles. The molecule has 3 heterocycles. The number of fused-ring (bicyclic) bond motifs is 1. The van der Waals surface area contributed by atoms with Crippen molar-refractivity contribution in [3.63, 3.8) is 0 Å². The molecule has 0 aliphatic rings. The lowest BCUT2D eigenvalue weighted by Crippen LogP contribution is -2.22. The number of pyridine rings is 1. The van der Waals surface area contributed by atoms with E-state index in [0.29, 0.717) is 47.6 Å². The van der Waals surface area contributed by atoms with Gasteiger partial charge in [-0.05, 0) is 24.6 Å². The molecule has 0 radical (unpaired) electrons. The van der Waals surface area contributed by atoms with Crippen molar-refractivity contribution in [1.29, 1.82) is 0 Å². The summed E-state index contributed by atoms with van der Waals surface area (Å²) >= 11 is 6.12. The standard InChI is InChI=1S/C21H30ClN5O2Si/c1-5-6-10-29-21-25-18-15(16-8-7-9-17(22)24-16)13-27(19(18)20(23)26-21)14-28-11-12-30(2,3)4/h7-9,13H,5-6,10-12,14H2,1-4H3,(H2,23,25,26). The van der Waals surface area contributed by atoms with Gasteiger partial charge in [-0.2, -0.15) is 9.97 Å². The van der Waals surface area contributed by atoms with Crippen LogP contribution in [-0.2, 0) is 11.5 Å². The van der Waals surface area contributed by atoms with Crippen LogP contribution in [0.5, 0.6) is 6.01 Å². The van der Waals surface area contributed by atoms with Crippen molar-refractivity contribution in [2.75, 3.05) is 18.9 Å². The number of nitrogens with two attached hydrogens (primary N) is 1. The summed E-state index contributed by atoms with van der Waals surface area (Å²) in [6, 6.07) is 6.87. The molecule has 0 amide bonds. The topological polar surface area (TPSA) is 88.1 Å². The van der Waals surface area contributed by atoms with Crippen molar-refractivity contribution < 1.29 is 9.47 Å². The monoisotopic (exact) mass is 447 g/mol. The van der Waals surface area contributed by atoms with Gasteiger partial charge < -0.3 is 19.8 Å². The second-order valence-electron chi connectivity index (χ2n) is 8.50. The smallest absolute Gasteiger partial charge is 0.319 e. The normalized spacial score (nSPS) is 11.9. The Bertz CT molecular complexity index is 1000. The molecular weight excluding hydrogens is 418 g/mol. The fourth-order valence-corrected chi connectivity index (χ4v) is 3.89. The van der Waals surface area contributed by atoms with E-state index in [2.05, 4.69) is 41.5 Å². The van der Waals surface area contributed by atoms with E-state index in [0.717, 1.165) is 24.4 Å². The van der Waals surface area contributed by atoms with Gasteiger partial charge in [0.2, 0.25) is 0 Å². The minimum Gasteiger partial charge on any atom is -0.463 e. The Morgan fingerprint density at radius 3 is 2.63 bits per heavy atom. The van der Waals surface area contributed by atoms with Crippen LogP contribution in [0.25, 0.3) is 22.3 Å². The molecule has 3 aromatic rings. The average Bonchev–Trinajstić information content (AvgIpc) is 3.04. The molecule has 7 nitrogen and oxygen atoms in total. The summed E-state index contributed by atoms with van der Waals surface area (Å²) in [6.45, 7) is 10.7. The Morgan fingerprint density at radius 2 is 1.93 bits per heavy atom. The van der Waals surface area contributed by atoms with E-state index in [1.807, 2.05) is 22.9 Å². The zero-order valence-corrected chi connectivity index (χ0v) is 19.9. The van der Waals surface area contributed by atoms with Crippen LogP contribution in [0.4, 0.5) is 5.82 Å². The summed E-state index contributed by atoms with van der Waals surface area (Å²) in [5.74, 6) is 0.355. The number of ether oxygens (including phenoxy) is 2. The van der Waals surface area contributed by atoms with Crippen molar-refractivity contribution in [3.8, 4) is 17.3 Å². The molecule has 0 unspecified atom stereocenters. The molecule has 0 saturated carbocycles. The van der Waals surface area contributed by atoms with Crippen molar-refractivity contribution in [2.45, 2.75) is 52.2 Å². The first-order valence-corrected chi connectivity index (χ1v) is 14.4. The van der Waals surface area contributed by atoms with Gasteiger partial charge in [-0.25, -0.2) is 4.98 Å². The predicted molar refractivity (Wildman–Crippen MR) is 125 cm³/mol. The Labute approximate surface area is 183 Å². The van der Waals surface area contributed by atoms with Crippen LogP contribution in [-0.4, -0.2) is 40.8 Å². The number of unbranched alkanes of at least 4 members (excludes halogenated alkanes) is 1. The third-order valence-electron chi connectivity index (χ3n) is 4.66. The number of hydrogen-bond donors (Lipinski definition) is 1. The molecule has 0 bridgehead atoms. The maximum absolute atomic E-state index is 6.31. The summed E-state index contributed by atoms with van der Waals surface area (Å²) in [4.78, 5) is 13.4. The fourth-order valence-electron chi connectivity index (χ4n) is 2.96. The van der Waals surface area contributed by atoms with Crippen molar-refractivity contribution in [1.82, 2.24) is 19.5 Å². The molecule has 162 valence electrons. The molecule has 0 fully saturated rings. The predicted octanol–water partition coefficient (Wildman–Crippen LogP) is 5.22. The lowest BCUT2D eigenvalue weighted by atomic mass is 10.2. The lowest BCUT2D eigenvalue weighted by molar-refractivity contribution is 0.0903. The van der Waals surface area contributed by atoms with Gasteiger partial charge in [0.1, 0.15) is 22.9 Å². The fraction of sp³-hybridized carbons (Fsp3) is 0.476. The van der Waals surface area contributed by atoms with E-state index in [4.69, 9.17) is 26.8 Å². The molecular formula is C21H30ClN5O2Si. The summed E-state index contributed by atoms with van der Waals surface area (Å²) in [5, 5.41) is 0.418. The highest BCUT2D eigenvalue weighted by Gasteiger charge is 2.19. The molecule has 30 heavy (non-hydrogen) atoms. The van der Waals surface area contributed by atoms with E-state index >= 15 is 0 Å². The van der Waals surface area contributed by atoms with Crippen molar-refractivity contribution >= 4 is 36.5 Å². The molecule has 0 aliphatic heterocycles. The summed E-state index contributed by atoms with van der Waals surface area (Å²) in [5.41, 5.74) is 9.23. The van der Waals surface area contributed by atoms with Crippen LogP contribution < -0.4 is 10.5 Å². The number of nitrogen functional groups attached to an aromatic ring is 1. The number of anilines is 1. The Morgan fingerprint density at radius 1 is 1.13 bits per heavy atom. The maximum atomic E-state index is 6.31. The minimum atomic E-state index is -1.16. The molecule has 0 aromatic carbocycles. The van der Waals surface area contributed by atoms with Gasteiger partial charge in [0.05, 0.1) is 12.3 Å². The first-order valence-electron chi connectivity index (χ1n) is 10.3. The highest BCUT2D eigenvalue weighted by atomic mass is 35.5. The Hall–Kier alpha value is -2.16. The minimum absolute atomic E-state index is 0.272. The van der Waals surface area contributed by atoms with E-state index in [1.165, 1.54) is 0 Å². The SMILES string of the molecule is CCCCOc1nc(N)c2c(n1)c(-c1cccc(Cl)n1)cn2COCC[Si](C)(C)C. The summed E-state index contributed by atoms with van der Waals surface area (Å²) < 4.78 is 13.6. The second kappa shape index (κ2) is 9.76. The number of halogens is 1.